The van der Waals surface area contributed by atoms with Crippen molar-refractivity contribution in [3.05, 3.63) is 30.3 Å². The van der Waals surface area contributed by atoms with Gasteiger partial charge in [-0.2, -0.15) is 0 Å². The number of amides is 2. The van der Waals surface area contributed by atoms with E-state index in [0.717, 1.165) is 25.7 Å². The second kappa shape index (κ2) is 8.42. The molecule has 2 amide bonds. The van der Waals surface area contributed by atoms with Crippen molar-refractivity contribution in [3.8, 4) is 5.75 Å². The standard InChI is InChI=1S/C22H30N2O5/c1-3-24(21(26)29-18-7-5-4-6-8-18)20(25)17-13-16-14-22(27-11-12-28-22)10-9-19(16)23(2)15-17/h4-8,16-17,19H,3,9-15H2,1-2H3/t16-,17-,19-/m1/s1. The van der Waals surface area contributed by atoms with Crippen LogP contribution in [0.2, 0.25) is 0 Å². The Balaban J connectivity index is 1.43. The number of carbonyl (C=O) groups is 2. The summed E-state index contributed by atoms with van der Waals surface area (Å²) >= 11 is 0. The number of imide groups is 1. The number of likely N-dealkylation sites (tertiary alicyclic amines) is 1. The molecule has 2 heterocycles. The average Bonchev–Trinajstić information content (AvgIpc) is 3.16. The lowest BCUT2D eigenvalue weighted by Gasteiger charge is -2.49. The molecule has 29 heavy (non-hydrogen) atoms. The Hall–Kier alpha value is -1.96. The highest BCUT2D eigenvalue weighted by molar-refractivity contribution is 5.94. The van der Waals surface area contributed by atoms with Crippen LogP contribution in [-0.2, 0) is 14.3 Å². The van der Waals surface area contributed by atoms with Gasteiger partial charge >= 0.3 is 6.09 Å². The minimum atomic E-state index is -0.615. The molecule has 0 unspecified atom stereocenters. The molecule has 0 N–H and O–H groups in total. The van der Waals surface area contributed by atoms with Gasteiger partial charge in [-0.15, -0.1) is 0 Å². The third-order valence-corrected chi connectivity index (χ3v) is 6.51. The number of piperidine rings is 1. The number of rotatable bonds is 3. The quantitative estimate of drug-likeness (QED) is 0.774. The van der Waals surface area contributed by atoms with Crippen LogP contribution in [0.25, 0.3) is 0 Å². The van der Waals surface area contributed by atoms with Gasteiger partial charge in [0.05, 0.1) is 19.1 Å². The second-order valence-corrected chi connectivity index (χ2v) is 8.31. The van der Waals surface area contributed by atoms with Gasteiger partial charge in [-0.05, 0) is 44.9 Å². The lowest BCUT2D eigenvalue weighted by Crippen LogP contribution is -2.56. The van der Waals surface area contributed by atoms with E-state index < -0.39 is 11.9 Å². The first-order valence-electron chi connectivity index (χ1n) is 10.6. The van der Waals surface area contributed by atoms with Crippen LogP contribution in [-0.4, -0.2) is 67.0 Å². The predicted octanol–water partition coefficient (Wildman–Crippen LogP) is 2.90. The maximum absolute atomic E-state index is 13.2. The zero-order valence-corrected chi connectivity index (χ0v) is 17.2. The van der Waals surface area contributed by atoms with Crippen molar-refractivity contribution >= 4 is 12.0 Å². The maximum atomic E-state index is 13.2. The fraction of sp³-hybridized carbons (Fsp3) is 0.636. The maximum Gasteiger partial charge on any atom is 0.421 e. The number of benzene rings is 1. The molecule has 0 radical (unpaired) electrons. The zero-order chi connectivity index (χ0) is 20.4. The Morgan fingerprint density at radius 2 is 1.97 bits per heavy atom. The van der Waals surface area contributed by atoms with Crippen LogP contribution in [0.3, 0.4) is 0 Å². The molecule has 158 valence electrons. The summed E-state index contributed by atoms with van der Waals surface area (Å²) in [7, 11) is 2.07. The molecule has 1 aromatic carbocycles. The summed E-state index contributed by atoms with van der Waals surface area (Å²) in [6.07, 6.45) is 2.86. The van der Waals surface area contributed by atoms with E-state index >= 15 is 0 Å². The average molecular weight is 402 g/mol. The van der Waals surface area contributed by atoms with Crippen molar-refractivity contribution in [3.63, 3.8) is 0 Å². The molecule has 0 bridgehead atoms. The second-order valence-electron chi connectivity index (χ2n) is 8.31. The number of fused-ring (bicyclic) bond motifs is 1. The highest BCUT2D eigenvalue weighted by Crippen LogP contribution is 2.45. The third-order valence-electron chi connectivity index (χ3n) is 6.51. The minimum absolute atomic E-state index is 0.161. The summed E-state index contributed by atoms with van der Waals surface area (Å²) < 4.78 is 17.3. The van der Waals surface area contributed by atoms with E-state index in [1.807, 2.05) is 6.07 Å². The molecule has 3 fully saturated rings. The Labute approximate surface area is 171 Å². The van der Waals surface area contributed by atoms with Crippen molar-refractivity contribution in [1.29, 1.82) is 0 Å². The van der Waals surface area contributed by atoms with Crippen LogP contribution in [0.5, 0.6) is 5.75 Å². The van der Waals surface area contributed by atoms with Gasteiger partial charge in [-0.3, -0.25) is 4.79 Å². The van der Waals surface area contributed by atoms with Crippen LogP contribution >= 0.6 is 0 Å². The van der Waals surface area contributed by atoms with Crippen molar-refractivity contribution in [1.82, 2.24) is 9.80 Å². The molecule has 3 atom stereocenters. The Kier molecular flexibility index (Phi) is 5.90. The Morgan fingerprint density at radius 3 is 2.66 bits per heavy atom. The molecule has 3 aliphatic rings. The number of hydrogen-bond acceptors (Lipinski definition) is 6. The molecular weight excluding hydrogens is 372 g/mol. The van der Waals surface area contributed by atoms with Crippen LogP contribution in [0.1, 0.15) is 32.6 Å². The van der Waals surface area contributed by atoms with Gasteiger partial charge in [-0.1, -0.05) is 18.2 Å². The summed E-state index contributed by atoms with van der Waals surface area (Å²) in [5, 5.41) is 0. The Morgan fingerprint density at radius 1 is 1.24 bits per heavy atom. The fourth-order valence-corrected chi connectivity index (χ4v) is 5.16. The number of nitrogens with zero attached hydrogens (tertiary/aromatic N) is 2. The molecular formula is C22H30N2O5. The van der Waals surface area contributed by atoms with E-state index in [-0.39, 0.29) is 18.4 Å². The smallest absolute Gasteiger partial charge is 0.410 e. The van der Waals surface area contributed by atoms with E-state index in [1.54, 1.807) is 31.2 Å². The molecule has 0 aromatic heterocycles. The molecule has 1 spiro atoms. The first kappa shape index (κ1) is 20.3. The number of carbonyl (C=O) groups excluding carboxylic acids is 2. The summed E-state index contributed by atoms with van der Waals surface area (Å²) in [6.45, 7) is 4.03. The largest absolute Gasteiger partial charge is 0.421 e. The summed E-state index contributed by atoms with van der Waals surface area (Å²) in [5.74, 6) is -0.107. The SMILES string of the molecule is CCN(C(=O)Oc1ccccc1)C(=O)[C@@H]1C[C@@H]2CC3(CC[C@H]2N(C)C1)OCCO3. The van der Waals surface area contributed by atoms with Gasteiger partial charge < -0.3 is 19.1 Å². The van der Waals surface area contributed by atoms with Crippen LogP contribution in [0.15, 0.2) is 30.3 Å². The van der Waals surface area contributed by atoms with Crippen molar-refractivity contribution < 1.29 is 23.8 Å². The van der Waals surface area contributed by atoms with E-state index in [9.17, 15) is 9.59 Å². The van der Waals surface area contributed by atoms with E-state index in [4.69, 9.17) is 14.2 Å². The monoisotopic (exact) mass is 402 g/mol. The molecule has 4 rings (SSSR count). The first-order valence-corrected chi connectivity index (χ1v) is 10.6. The molecule has 7 nitrogen and oxygen atoms in total. The van der Waals surface area contributed by atoms with Crippen LogP contribution < -0.4 is 4.74 Å². The van der Waals surface area contributed by atoms with Gasteiger partial charge in [0.25, 0.3) is 0 Å². The van der Waals surface area contributed by atoms with Crippen molar-refractivity contribution in [2.45, 2.75) is 44.4 Å². The van der Waals surface area contributed by atoms with Crippen molar-refractivity contribution in [2.24, 2.45) is 11.8 Å². The molecule has 7 heteroatoms. The molecule has 1 saturated carbocycles. The highest BCUT2D eigenvalue weighted by Gasteiger charge is 2.49. The Bertz CT molecular complexity index is 734. The molecule has 1 aromatic rings. The molecule has 2 saturated heterocycles. The molecule has 2 aliphatic heterocycles. The third kappa shape index (κ3) is 4.17. The normalized spacial score (nSPS) is 28.7. The summed E-state index contributed by atoms with van der Waals surface area (Å²) in [5.41, 5.74) is 0. The highest BCUT2D eigenvalue weighted by atomic mass is 16.7. The van der Waals surface area contributed by atoms with E-state index in [1.165, 1.54) is 4.90 Å². The van der Waals surface area contributed by atoms with Crippen LogP contribution in [0, 0.1) is 11.8 Å². The topological polar surface area (TPSA) is 68.3 Å². The summed E-state index contributed by atoms with van der Waals surface area (Å²) in [4.78, 5) is 29.4. The molecule has 1 aliphatic carbocycles. The van der Waals surface area contributed by atoms with Gasteiger partial charge in [0, 0.05) is 32.0 Å². The number of para-hydroxylation sites is 1. The van der Waals surface area contributed by atoms with Gasteiger partial charge in [-0.25, -0.2) is 9.69 Å². The van der Waals surface area contributed by atoms with Crippen LogP contribution in [0.4, 0.5) is 4.79 Å². The number of hydrogen-bond donors (Lipinski definition) is 0. The van der Waals surface area contributed by atoms with Gasteiger partial charge in [0.15, 0.2) is 5.79 Å². The lowest BCUT2D eigenvalue weighted by molar-refractivity contribution is -0.202. The van der Waals surface area contributed by atoms with E-state index in [0.29, 0.717) is 37.5 Å². The minimum Gasteiger partial charge on any atom is -0.410 e. The van der Waals surface area contributed by atoms with Gasteiger partial charge in [0.1, 0.15) is 5.75 Å². The first-order chi connectivity index (χ1) is 14.0. The lowest BCUT2D eigenvalue weighted by atomic mass is 9.72. The zero-order valence-electron chi connectivity index (χ0n) is 17.2. The number of ether oxygens (including phenoxy) is 3. The van der Waals surface area contributed by atoms with E-state index in [2.05, 4.69) is 11.9 Å². The summed E-state index contributed by atoms with van der Waals surface area (Å²) in [6, 6.07) is 9.29. The fourth-order valence-electron chi connectivity index (χ4n) is 5.16. The van der Waals surface area contributed by atoms with Gasteiger partial charge in [0.2, 0.25) is 5.91 Å². The predicted molar refractivity (Wildman–Crippen MR) is 106 cm³/mol. The van der Waals surface area contributed by atoms with Crippen molar-refractivity contribution in [2.75, 3.05) is 33.4 Å².